The molecule has 0 fully saturated rings. The molecule has 3 aromatic carbocycles. The average molecular weight is 367 g/mol. The van der Waals surface area contributed by atoms with Crippen LogP contribution in [0.25, 0.3) is 0 Å². The first-order valence-electron chi connectivity index (χ1n) is 7.97. The van der Waals surface area contributed by atoms with E-state index in [0.29, 0.717) is 16.9 Å². The van der Waals surface area contributed by atoms with Crippen molar-refractivity contribution in [2.45, 2.75) is 14.7 Å². The van der Waals surface area contributed by atoms with E-state index in [1.807, 2.05) is 66.7 Å². The van der Waals surface area contributed by atoms with Gasteiger partial charge in [0.05, 0.1) is 6.61 Å². The zero-order chi connectivity index (χ0) is 17.5. The summed E-state index contributed by atoms with van der Waals surface area (Å²) < 4.78 is 0. The van der Waals surface area contributed by atoms with E-state index in [4.69, 9.17) is 5.11 Å². The van der Waals surface area contributed by atoms with Gasteiger partial charge in [-0.15, -0.1) is 11.8 Å². The molecular weight excluding hydrogens is 348 g/mol. The van der Waals surface area contributed by atoms with Crippen LogP contribution in [0.1, 0.15) is 15.9 Å². The molecule has 0 amide bonds. The Morgan fingerprint density at radius 1 is 0.720 bits per heavy atom. The molecule has 0 aromatic heterocycles. The lowest BCUT2D eigenvalue weighted by Crippen LogP contribution is -2.00. The summed E-state index contributed by atoms with van der Waals surface area (Å²) in [5.41, 5.74) is 1.37. The third-order valence-electron chi connectivity index (χ3n) is 3.57. The van der Waals surface area contributed by atoms with E-state index in [0.717, 1.165) is 9.79 Å². The Labute approximate surface area is 156 Å². The van der Waals surface area contributed by atoms with E-state index in [1.165, 1.54) is 4.90 Å². The van der Waals surface area contributed by atoms with Crippen molar-refractivity contribution in [2.24, 2.45) is 0 Å². The van der Waals surface area contributed by atoms with Crippen molar-refractivity contribution >= 4 is 29.3 Å². The van der Waals surface area contributed by atoms with Crippen molar-refractivity contribution in [1.29, 1.82) is 0 Å². The van der Waals surface area contributed by atoms with E-state index >= 15 is 0 Å². The van der Waals surface area contributed by atoms with Crippen LogP contribution < -0.4 is 0 Å². The Hall–Kier alpha value is -2.01. The minimum atomic E-state index is 0.0231. The molecule has 3 aromatic rings. The number of carbonyl (C=O) groups is 1. The van der Waals surface area contributed by atoms with Gasteiger partial charge in [0.2, 0.25) is 0 Å². The third-order valence-corrected chi connectivity index (χ3v) is 5.58. The standard InChI is InChI=1S/C21H18O2S2/c22-14-15-24-18-10-6-16(7-11-18)21(23)17-8-12-20(13-9-17)25-19-4-2-1-3-5-19/h1-13,22H,14-15H2. The van der Waals surface area contributed by atoms with Crippen LogP contribution in [0.4, 0.5) is 0 Å². The highest BCUT2D eigenvalue weighted by molar-refractivity contribution is 7.99. The van der Waals surface area contributed by atoms with Crippen LogP contribution in [0, 0.1) is 0 Å². The fourth-order valence-corrected chi connectivity index (χ4v) is 3.82. The Bertz CT molecular complexity index is 813. The summed E-state index contributed by atoms with van der Waals surface area (Å²) >= 11 is 3.25. The summed E-state index contributed by atoms with van der Waals surface area (Å²) in [5, 5.41) is 8.86. The summed E-state index contributed by atoms with van der Waals surface area (Å²) in [6, 6.07) is 25.4. The van der Waals surface area contributed by atoms with E-state index in [1.54, 1.807) is 23.5 Å². The molecule has 0 heterocycles. The molecule has 0 aliphatic rings. The fraction of sp³-hybridized carbons (Fsp3) is 0.0952. The molecule has 0 saturated carbocycles. The molecule has 0 aliphatic heterocycles. The number of rotatable bonds is 7. The molecule has 0 spiro atoms. The van der Waals surface area contributed by atoms with Gasteiger partial charge in [0.25, 0.3) is 0 Å². The van der Waals surface area contributed by atoms with Crippen LogP contribution in [0.5, 0.6) is 0 Å². The highest BCUT2D eigenvalue weighted by Crippen LogP contribution is 2.28. The Kier molecular flexibility index (Phi) is 6.34. The molecule has 0 saturated heterocycles. The van der Waals surface area contributed by atoms with E-state index < -0.39 is 0 Å². The minimum absolute atomic E-state index is 0.0231. The molecule has 0 unspecified atom stereocenters. The number of hydrogen-bond donors (Lipinski definition) is 1. The van der Waals surface area contributed by atoms with Crippen LogP contribution in [0.2, 0.25) is 0 Å². The molecule has 25 heavy (non-hydrogen) atoms. The van der Waals surface area contributed by atoms with Crippen molar-refractivity contribution in [3.05, 3.63) is 90.0 Å². The number of benzene rings is 3. The highest BCUT2D eigenvalue weighted by Gasteiger charge is 2.09. The maximum Gasteiger partial charge on any atom is 0.193 e. The Morgan fingerprint density at radius 2 is 1.24 bits per heavy atom. The van der Waals surface area contributed by atoms with E-state index in [2.05, 4.69) is 12.1 Å². The van der Waals surface area contributed by atoms with Gasteiger partial charge < -0.3 is 5.11 Å². The smallest absolute Gasteiger partial charge is 0.193 e. The van der Waals surface area contributed by atoms with Crippen LogP contribution in [0.3, 0.4) is 0 Å². The lowest BCUT2D eigenvalue weighted by atomic mass is 10.0. The van der Waals surface area contributed by atoms with Crippen molar-refractivity contribution in [1.82, 2.24) is 0 Å². The highest BCUT2D eigenvalue weighted by atomic mass is 32.2. The zero-order valence-corrected chi connectivity index (χ0v) is 15.2. The maximum absolute atomic E-state index is 12.6. The molecule has 0 radical (unpaired) electrons. The van der Waals surface area contributed by atoms with Crippen molar-refractivity contribution in [3.8, 4) is 0 Å². The zero-order valence-electron chi connectivity index (χ0n) is 13.6. The lowest BCUT2D eigenvalue weighted by Gasteiger charge is -2.05. The van der Waals surface area contributed by atoms with Crippen molar-refractivity contribution in [3.63, 3.8) is 0 Å². The summed E-state index contributed by atoms with van der Waals surface area (Å²) in [6.07, 6.45) is 0. The van der Waals surface area contributed by atoms with Gasteiger partial charge in [-0.3, -0.25) is 4.79 Å². The van der Waals surface area contributed by atoms with Crippen LogP contribution in [0.15, 0.2) is 93.5 Å². The minimum Gasteiger partial charge on any atom is -0.396 e. The molecule has 2 nitrogen and oxygen atoms in total. The van der Waals surface area contributed by atoms with Gasteiger partial charge in [0.15, 0.2) is 5.78 Å². The van der Waals surface area contributed by atoms with Gasteiger partial charge in [0, 0.05) is 31.6 Å². The molecule has 0 atom stereocenters. The summed E-state index contributed by atoms with van der Waals surface area (Å²) in [7, 11) is 0. The SMILES string of the molecule is O=C(c1ccc(SCCO)cc1)c1ccc(Sc2ccccc2)cc1. The second kappa shape index (κ2) is 8.90. The first-order chi connectivity index (χ1) is 12.3. The van der Waals surface area contributed by atoms with Crippen LogP contribution in [-0.4, -0.2) is 23.2 Å². The lowest BCUT2D eigenvalue weighted by molar-refractivity contribution is 0.103. The number of aliphatic hydroxyl groups is 1. The van der Waals surface area contributed by atoms with Gasteiger partial charge in [-0.25, -0.2) is 0 Å². The van der Waals surface area contributed by atoms with Crippen LogP contribution in [-0.2, 0) is 0 Å². The average Bonchev–Trinajstić information content (AvgIpc) is 2.68. The number of hydrogen-bond acceptors (Lipinski definition) is 4. The van der Waals surface area contributed by atoms with Crippen molar-refractivity contribution in [2.75, 3.05) is 12.4 Å². The predicted molar refractivity (Wildman–Crippen MR) is 105 cm³/mol. The largest absolute Gasteiger partial charge is 0.396 e. The summed E-state index contributed by atoms with van der Waals surface area (Å²) in [4.78, 5) is 15.9. The number of thioether (sulfide) groups is 1. The summed E-state index contributed by atoms with van der Waals surface area (Å²) in [6.45, 7) is 0.151. The monoisotopic (exact) mass is 366 g/mol. The predicted octanol–water partition coefficient (Wildman–Crippen LogP) is 5.15. The second-order valence-corrected chi connectivity index (χ2v) is 7.68. The second-order valence-electron chi connectivity index (χ2n) is 5.37. The van der Waals surface area contributed by atoms with Gasteiger partial charge in [-0.1, -0.05) is 30.0 Å². The van der Waals surface area contributed by atoms with Gasteiger partial charge in [-0.05, 0) is 60.7 Å². The Morgan fingerprint density at radius 3 is 1.80 bits per heavy atom. The Balaban J connectivity index is 1.68. The van der Waals surface area contributed by atoms with Crippen molar-refractivity contribution < 1.29 is 9.90 Å². The molecule has 0 bridgehead atoms. The van der Waals surface area contributed by atoms with Gasteiger partial charge in [0.1, 0.15) is 0 Å². The number of carbonyl (C=O) groups excluding carboxylic acids is 1. The summed E-state index contributed by atoms with van der Waals surface area (Å²) in [5.74, 6) is 0.684. The number of ketones is 1. The first-order valence-corrected chi connectivity index (χ1v) is 9.78. The van der Waals surface area contributed by atoms with Gasteiger partial charge in [-0.2, -0.15) is 0 Å². The molecular formula is C21H18O2S2. The van der Waals surface area contributed by atoms with Crippen LogP contribution >= 0.6 is 23.5 Å². The topological polar surface area (TPSA) is 37.3 Å². The molecule has 4 heteroatoms. The maximum atomic E-state index is 12.6. The fourth-order valence-electron chi connectivity index (χ4n) is 2.33. The quantitative estimate of drug-likeness (QED) is 0.463. The molecule has 3 rings (SSSR count). The van der Waals surface area contributed by atoms with E-state index in [9.17, 15) is 4.79 Å². The molecule has 1 N–H and O–H groups in total. The molecule has 126 valence electrons. The first kappa shape index (κ1) is 17.8. The third kappa shape index (κ3) is 4.98. The normalized spacial score (nSPS) is 10.6. The van der Waals surface area contributed by atoms with Gasteiger partial charge >= 0.3 is 0 Å². The molecule has 0 aliphatic carbocycles. The number of aliphatic hydroxyl groups excluding tert-OH is 1. The van der Waals surface area contributed by atoms with E-state index in [-0.39, 0.29) is 12.4 Å².